The lowest BCUT2D eigenvalue weighted by atomic mass is 10.0. The summed E-state index contributed by atoms with van der Waals surface area (Å²) in [5.74, 6) is 0.477. The van der Waals surface area contributed by atoms with Gasteiger partial charge in [-0.2, -0.15) is 0 Å². The Morgan fingerprint density at radius 3 is 2.71 bits per heavy atom. The maximum absolute atomic E-state index is 6.05. The predicted molar refractivity (Wildman–Crippen MR) is 99.7 cm³/mol. The zero-order chi connectivity index (χ0) is 17.2. The Hall–Kier alpha value is -1.59. The van der Waals surface area contributed by atoms with Crippen LogP contribution in [0.1, 0.15) is 44.2 Å². The SMILES string of the molecule is CCc1cccc(CC)c1NC(N)=NCCCOCC1CCCO1. The van der Waals surface area contributed by atoms with Crippen LogP contribution in [0.15, 0.2) is 23.2 Å². The van der Waals surface area contributed by atoms with Crippen LogP contribution in [0.25, 0.3) is 0 Å². The van der Waals surface area contributed by atoms with Gasteiger partial charge >= 0.3 is 0 Å². The predicted octanol–water partition coefficient (Wildman–Crippen LogP) is 3.12. The summed E-state index contributed by atoms with van der Waals surface area (Å²) in [6, 6.07) is 6.36. The molecule has 1 aromatic carbocycles. The summed E-state index contributed by atoms with van der Waals surface area (Å²) >= 11 is 0. The third-order valence-corrected chi connectivity index (χ3v) is 4.31. The number of ether oxygens (including phenoxy) is 2. The van der Waals surface area contributed by atoms with Crippen LogP contribution in [0.4, 0.5) is 5.69 Å². The second-order valence-corrected chi connectivity index (χ2v) is 6.11. The van der Waals surface area contributed by atoms with Gasteiger partial charge < -0.3 is 20.5 Å². The average Bonchev–Trinajstić information content (AvgIpc) is 3.11. The van der Waals surface area contributed by atoms with Crippen molar-refractivity contribution in [3.8, 4) is 0 Å². The first kappa shape index (κ1) is 18.7. The zero-order valence-corrected chi connectivity index (χ0v) is 15.0. The molecule has 1 aromatic rings. The van der Waals surface area contributed by atoms with E-state index in [9.17, 15) is 0 Å². The topological polar surface area (TPSA) is 68.9 Å². The number of rotatable bonds is 9. The van der Waals surface area contributed by atoms with Crippen LogP contribution < -0.4 is 11.1 Å². The summed E-state index contributed by atoms with van der Waals surface area (Å²) in [5, 5.41) is 3.28. The minimum atomic E-state index is 0.290. The molecule has 1 aliphatic rings. The van der Waals surface area contributed by atoms with E-state index in [1.54, 1.807) is 0 Å². The minimum Gasteiger partial charge on any atom is -0.379 e. The summed E-state index contributed by atoms with van der Waals surface area (Å²) < 4.78 is 11.2. The summed E-state index contributed by atoms with van der Waals surface area (Å²) in [6.45, 7) is 7.24. The van der Waals surface area contributed by atoms with Gasteiger partial charge in [0, 0.05) is 25.4 Å². The normalized spacial score (nSPS) is 18.1. The molecule has 24 heavy (non-hydrogen) atoms. The molecule has 0 radical (unpaired) electrons. The van der Waals surface area contributed by atoms with Gasteiger partial charge in [-0.3, -0.25) is 4.99 Å². The van der Waals surface area contributed by atoms with Crippen LogP contribution >= 0.6 is 0 Å². The lowest BCUT2D eigenvalue weighted by Crippen LogP contribution is -2.24. The van der Waals surface area contributed by atoms with E-state index in [4.69, 9.17) is 15.2 Å². The van der Waals surface area contributed by atoms with Crippen molar-refractivity contribution in [2.75, 3.05) is 31.7 Å². The number of nitrogens with two attached hydrogens (primary N) is 1. The second-order valence-electron chi connectivity index (χ2n) is 6.11. The molecule has 3 N–H and O–H groups in total. The first-order chi connectivity index (χ1) is 11.7. The van der Waals surface area contributed by atoms with Gasteiger partial charge in [-0.1, -0.05) is 32.0 Å². The summed E-state index contributed by atoms with van der Waals surface area (Å²) in [6.07, 6.45) is 5.37. The quantitative estimate of drug-likeness (QED) is 0.414. The van der Waals surface area contributed by atoms with Gasteiger partial charge in [0.15, 0.2) is 5.96 Å². The zero-order valence-electron chi connectivity index (χ0n) is 15.0. The Morgan fingerprint density at radius 1 is 1.33 bits per heavy atom. The van der Waals surface area contributed by atoms with Gasteiger partial charge in [-0.15, -0.1) is 0 Å². The van der Waals surface area contributed by atoms with Crippen molar-refractivity contribution in [1.29, 1.82) is 0 Å². The smallest absolute Gasteiger partial charge is 0.193 e. The molecule has 1 atom stereocenters. The highest BCUT2D eigenvalue weighted by Crippen LogP contribution is 2.22. The van der Waals surface area contributed by atoms with Crippen molar-refractivity contribution in [2.45, 2.75) is 52.1 Å². The number of hydrogen-bond acceptors (Lipinski definition) is 3. The molecule has 0 amide bonds. The Labute approximate surface area is 145 Å². The van der Waals surface area contributed by atoms with Crippen molar-refractivity contribution >= 4 is 11.6 Å². The number of hydrogen-bond donors (Lipinski definition) is 2. The monoisotopic (exact) mass is 333 g/mol. The summed E-state index contributed by atoms with van der Waals surface area (Å²) in [7, 11) is 0. The van der Waals surface area contributed by atoms with Crippen LogP contribution in [0, 0.1) is 0 Å². The molecule has 0 aliphatic carbocycles. The largest absolute Gasteiger partial charge is 0.379 e. The van der Waals surface area contributed by atoms with Gasteiger partial charge in [-0.05, 0) is 43.2 Å². The fourth-order valence-corrected chi connectivity index (χ4v) is 2.93. The average molecular weight is 333 g/mol. The Morgan fingerprint density at radius 2 is 2.08 bits per heavy atom. The van der Waals surface area contributed by atoms with Crippen LogP contribution in [0.2, 0.25) is 0 Å². The number of aliphatic imine (C=N–C) groups is 1. The molecular weight excluding hydrogens is 302 g/mol. The molecule has 1 unspecified atom stereocenters. The molecular formula is C19H31N3O2. The standard InChI is InChI=1S/C19H31N3O2/c1-3-15-8-5-9-16(4-2)18(15)22-19(20)21-11-7-12-23-14-17-10-6-13-24-17/h5,8-9,17H,3-4,6-7,10-14H2,1-2H3,(H3,20,21,22). The van der Waals surface area contributed by atoms with Gasteiger partial charge in [0.2, 0.25) is 0 Å². The fourth-order valence-electron chi connectivity index (χ4n) is 2.93. The van der Waals surface area contributed by atoms with Crippen molar-refractivity contribution in [2.24, 2.45) is 10.7 Å². The number of nitrogens with zero attached hydrogens (tertiary/aromatic N) is 1. The molecule has 1 saturated heterocycles. The molecule has 2 rings (SSSR count). The molecule has 1 heterocycles. The van der Waals surface area contributed by atoms with Crippen LogP contribution in [-0.4, -0.2) is 38.4 Å². The highest BCUT2D eigenvalue weighted by molar-refractivity contribution is 5.93. The molecule has 5 nitrogen and oxygen atoms in total. The van der Waals surface area contributed by atoms with Gasteiger partial charge in [0.25, 0.3) is 0 Å². The van der Waals surface area contributed by atoms with Gasteiger partial charge in [-0.25, -0.2) is 0 Å². The highest BCUT2D eigenvalue weighted by atomic mass is 16.5. The molecule has 5 heteroatoms. The first-order valence-electron chi connectivity index (χ1n) is 9.11. The fraction of sp³-hybridized carbons (Fsp3) is 0.632. The van der Waals surface area contributed by atoms with E-state index in [0.29, 0.717) is 31.8 Å². The molecule has 1 aliphatic heterocycles. The van der Waals surface area contributed by atoms with Gasteiger partial charge in [0.05, 0.1) is 12.7 Å². The number of guanidine groups is 1. The minimum absolute atomic E-state index is 0.290. The first-order valence-corrected chi connectivity index (χ1v) is 9.11. The van der Waals surface area contributed by atoms with Gasteiger partial charge in [0.1, 0.15) is 0 Å². The lowest BCUT2D eigenvalue weighted by molar-refractivity contribution is 0.0171. The van der Waals surface area contributed by atoms with E-state index in [2.05, 4.69) is 42.4 Å². The van der Waals surface area contributed by atoms with Crippen LogP contribution in [-0.2, 0) is 22.3 Å². The highest BCUT2D eigenvalue weighted by Gasteiger charge is 2.14. The van der Waals surface area contributed by atoms with Crippen molar-refractivity contribution in [3.63, 3.8) is 0 Å². The third kappa shape index (κ3) is 5.80. The van der Waals surface area contributed by atoms with Crippen molar-refractivity contribution in [1.82, 2.24) is 0 Å². The molecule has 0 saturated carbocycles. The summed E-state index contributed by atoms with van der Waals surface area (Å²) in [5.41, 5.74) is 9.70. The molecule has 0 spiro atoms. The number of benzene rings is 1. The Bertz CT molecular complexity index is 503. The number of anilines is 1. The number of nitrogens with one attached hydrogen (secondary N) is 1. The molecule has 1 fully saturated rings. The number of para-hydroxylation sites is 1. The van der Waals surface area contributed by atoms with E-state index >= 15 is 0 Å². The second kappa shape index (κ2) is 10.3. The van der Waals surface area contributed by atoms with E-state index in [1.807, 2.05) is 0 Å². The van der Waals surface area contributed by atoms with E-state index in [1.165, 1.54) is 11.1 Å². The molecule has 0 aromatic heterocycles. The number of aryl methyl sites for hydroxylation is 2. The molecule has 134 valence electrons. The van der Waals surface area contributed by atoms with Crippen molar-refractivity contribution < 1.29 is 9.47 Å². The van der Waals surface area contributed by atoms with E-state index in [0.717, 1.165) is 44.4 Å². The van der Waals surface area contributed by atoms with E-state index < -0.39 is 0 Å². The lowest BCUT2D eigenvalue weighted by Gasteiger charge is -2.15. The van der Waals surface area contributed by atoms with E-state index in [-0.39, 0.29) is 0 Å². The molecule has 0 bridgehead atoms. The Kier molecular flexibility index (Phi) is 8.05. The van der Waals surface area contributed by atoms with Crippen molar-refractivity contribution in [3.05, 3.63) is 29.3 Å². The van der Waals surface area contributed by atoms with Crippen LogP contribution in [0.5, 0.6) is 0 Å². The maximum Gasteiger partial charge on any atom is 0.193 e. The summed E-state index contributed by atoms with van der Waals surface area (Å²) in [4.78, 5) is 4.41. The van der Waals surface area contributed by atoms with Crippen LogP contribution in [0.3, 0.4) is 0 Å². The third-order valence-electron chi connectivity index (χ3n) is 4.31. The maximum atomic E-state index is 6.05. The Balaban J connectivity index is 1.73.